The highest BCUT2D eigenvalue weighted by Crippen LogP contribution is 2.43. The second-order valence-electron chi connectivity index (χ2n) is 12.5. The van der Waals surface area contributed by atoms with E-state index in [0.717, 1.165) is 19.4 Å². The number of alkyl halides is 1. The van der Waals surface area contributed by atoms with E-state index in [2.05, 4.69) is 16.5 Å². The smallest absolute Gasteiger partial charge is 0.319 e. The first-order chi connectivity index (χ1) is 22.1. The Bertz CT molecular complexity index is 1890. The fourth-order valence-electron chi connectivity index (χ4n) is 7.47. The maximum atomic E-state index is 16.8. The van der Waals surface area contributed by atoms with Crippen LogP contribution in [0.2, 0.25) is 5.02 Å². The number of amides is 1. The van der Waals surface area contributed by atoms with Crippen LogP contribution in [0.3, 0.4) is 0 Å². The first-order valence-corrected chi connectivity index (χ1v) is 15.7. The van der Waals surface area contributed by atoms with Gasteiger partial charge in [0.2, 0.25) is 0 Å². The number of nitrogens with zero attached hydrogens (tertiary/aromatic N) is 5. The number of benzene rings is 3. The molecular weight excluding hydrogens is 622 g/mol. The van der Waals surface area contributed by atoms with Gasteiger partial charge in [-0.3, -0.25) is 9.69 Å². The van der Waals surface area contributed by atoms with Crippen LogP contribution in [-0.4, -0.2) is 82.8 Å². The largest absolute Gasteiger partial charge is 0.461 e. The molecule has 3 atom stereocenters. The zero-order valence-electron chi connectivity index (χ0n) is 25.2. The fourth-order valence-corrected chi connectivity index (χ4v) is 7.76. The van der Waals surface area contributed by atoms with Crippen molar-refractivity contribution in [3.8, 4) is 17.1 Å². The van der Waals surface area contributed by atoms with E-state index in [9.17, 15) is 13.6 Å². The van der Waals surface area contributed by atoms with E-state index in [1.54, 1.807) is 36.4 Å². The van der Waals surface area contributed by atoms with Crippen LogP contribution in [0.1, 0.15) is 26.2 Å². The Morgan fingerprint density at radius 3 is 2.67 bits per heavy atom. The molecule has 0 saturated carbocycles. The van der Waals surface area contributed by atoms with E-state index in [4.69, 9.17) is 21.3 Å². The topological polar surface area (TPSA) is 61.8 Å². The van der Waals surface area contributed by atoms with Crippen molar-refractivity contribution in [2.75, 3.05) is 44.2 Å². The molecular formula is C34H32ClF4N5O2. The predicted octanol–water partition coefficient (Wildman–Crippen LogP) is 6.86. The molecule has 3 saturated heterocycles. The van der Waals surface area contributed by atoms with Crippen molar-refractivity contribution in [2.24, 2.45) is 0 Å². The third kappa shape index (κ3) is 5.13. The highest BCUT2D eigenvalue weighted by Gasteiger charge is 2.49. The predicted molar refractivity (Wildman–Crippen MR) is 170 cm³/mol. The van der Waals surface area contributed by atoms with Gasteiger partial charge in [-0.15, -0.1) is 0 Å². The summed E-state index contributed by atoms with van der Waals surface area (Å²) in [7, 11) is 0. The lowest BCUT2D eigenvalue weighted by Crippen LogP contribution is -2.54. The third-order valence-electron chi connectivity index (χ3n) is 9.62. The van der Waals surface area contributed by atoms with Crippen LogP contribution in [0.15, 0.2) is 54.9 Å². The highest BCUT2D eigenvalue weighted by molar-refractivity contribution is 6.35. The Morgan fingerprint density at radius 1 is 1.13 bits per heavy atom. The van der Waals surface area contributed by atoms with Gasteiger partial charge >= 0.3 is 6.01 Å². The van der Waals surface area contributed by atoms with Crippen molar-refractivity contribution in [3.05, 3.63) is 71.5 Å². The minimum atomic E-state index is -1.04. The lowest BCUT2D eigenvalue weighted by molar-refractivity contribution is -0.129. The quantitative estimate of drug-likeness (QED) is 0.168. The molecule has 3 aliphatic heterocycles. The van der Waals surface area contributed by atoms with Crippen LogP contribution >= 0.6 is 11.6 Å². The van der Waals surface area contributed by atoms with Crippen LogP contribution in [-0.2, 0) is 4.79 Å². The molecule has 0 spiro atoms. The minimum absolute atomic E-state index is 0.0120. The summed E-state index contributed by atoms with van der Waals surface area (Å²) in [5, 5.41) is 1.14. The molecule has 4 heterocycles. The number of piperazine rings is 1. The van der Waals surface area contributed by atoms with Crippen LogP contribution < -0.4 is 9.64 Å². The molecule has 0 unspecified atom stereocenters. The standard InChI is InChI=1S/C34H32ClF4N5O2/c1-19-16-42(32(45)20(2)36)12-13-44(19)31-24-14-25(35)28(23-8-3-6-21-7-4-9-26(38)27(21)23)29(39)30(24)40-33(41-31)46-18-34-10-5-11-43(34)17-22(37)15-34/h3-4,6-9,14,19,22H,2,5,10-13,15-18H2,1H3/t19-,22-,34+/m1/s1. The van der Waals surface area contributed by atoms with E-state index in [-0.39, 0.29) is 65.3 Å². The molecule has 3 fully saturated rings. The lowest BCUT2D eigenvalue weighted by Gasteiger charge is -2.40. The number of ether oxygens (including phenoxy) is 1. The molecule has 7 nitrogen and oxygen atoms in total. The van der Waals surface area contributed by atoms with Crippen molar-refractivity contribution in [1.29, 1.82) is 0 Å². The number of hydrogen-bond donors (Lipinski definition) is 0. The number of carbonyl (C=O) groups is 1. The van der Waals surface area contributed by atoms with Crippen molar-refractivity contribution in [1.82, 2.24) is 19.8 Å². The van der Waals surface area contributed by atoms with Crippen molar-refractivity contribution >= 4 is 45.0 Å². The van der Waals surface area contributed by atoms with E-state index < -0.39 is 35.1 Å². The van der Waals surface area contributed by atoms with E-state index in [1.807, 2.05) is 11.8 Å². The number of hydrogen-bond acceptors (Lipinski definition) is 6. The zero-order chi connectivity index (χ0) is 32.3. The van der Waals surface area contributed by atoms with Gasteiger partial charge in [-0.2, -0.15) is 9.97 Å². The Balaban J connectivity index is 1.35. The molecule has 3 aliphatic rings. The van der Waals surface area contributed by atoms with Crippen LogP contribution in [0, 0.1) is 11.6 Å². The number of anilines is 1. The Labute approximate surface area is 268 Å². The molecule has 1 amide bonds. The second-order valence-corrected chi connectivity index (χ2v) is 12.9. The summed E-state index contributed by atoms with van der Waals surface area (Å²) < 4.78 is 66.3. The van der Waals surface area contributed by atoms with Gasteiger partial charge < -0.3 is 14.5 Å². The average Bonchev–Trinajstić information content (AvgIpc) is 3.55. The van der Waals surface area contributed by atoms with Gasteiger partial charge in [-0.25, -0.2) is 17.6 Å². The summed E-state index contributed by atoms with van der Waals surface area (Å²) in [5.74, 6) is -2.79. The number of halogens is 5. The second kappa shape index (κ2) is 11.7. The maximum absolute atomic E-state index is 16.8. The first kappa shape index (κ1) is 30.7. The Hall–Kier alpha value is -3.96. The molecule has 12 heteroatoms. The Morgan fingerprint density at radius 2 is 1.91 bits per heavy atom. The van der Waals surface area contributed by atoms with Gasteiger partial charge in [0.05, 0.1) is 10.6 Å². The molecule has 0 radical (unpaired) electrons. The monoisotopic (exact) mass is 653 g/mol. The van der Waals surface area contributed by atoms with E-state index >= 15 is 8.78 Å². The van der Waals surface area contributed by atoms with Crippen LogP contribution in [0.5, 0.6) is 6.01 Å². The van der Waals surface area contributed by atoms with Crippen LogP contribution in [0.25, 0.3) is 32.8 Å². The number of fused-ring (bicyclic) bond motifs is 3. The number of aromatic nitrogens is 2. The molecule has 46 heavy (non-hydrogen) atoms. The highest BCUT2D eigenvalue weighted by atomic mass is 35.5. The zero-order valence-corrected chi connectivity index (χ0v) is 26.0. The van der Waals surface area contributed by atoms with Gasteiger partial charge in [0, 0.05) is 55.0 Å². The van der Waals surface area contributed by atoms with Gasteiger partial charge in [-0.1, -0.05) is 48.5 Å². The molecule has 0 bridgehead atoms. The Kier molecular flexibility index (Phi) is 7.79. The molecule has 1 aromatic heterocycles. The molecule has 0 aliphatic carbocycles. The lowest BCUT2D eigenvalue weighted by atomic mass is 9.95. The third-order valence-corrected chi connectivity index (χ3v) is 9.91. The van der Waals surface area contributed by atoms with E-state index in [0.29, 0.717) is 29.6 Å². The summed E-state index contributed by atoms with van der Waals surface area (Å²) in [6.07, 6.45) is 1.06. The number of rotatable bonds is 6. The number of carbonyl (C=O) groups excluding carboxylic acids is 1. The SMILES string of the molecule is C=C(F)C(=O)N1CCN(c2nc(OC[C@@]34CCCN3C[C@H](F)C4)nc3c(F)c(-c4cccc5cccc(F)c45)c(Cl)cc23)[C@H](C)C1. The van der Waals surface area contributed by atoms with Crippen LogP contribution in [0.4, 0.5) is 23.4 Å². The summed E-state index contributed by atoms with van der Waals surface area (Å²) in [4.78, 5) is 26.9. The van der Waals surface area contributed by atoms with Crippen molar-refractivity contribution < 1.29 is 27.1 Å². The van der Waals surface area contributed by atoms with Crippen molar-refractivity contribution in [2.45, 2.75) is 43.9 Å². The first-order valence-electron chi connectivity index (χ1n) is 15.4. The minimum Gasteiger partial charge on any atom is -0.461 e. The molecule has 0 N–H and O–H groups in total. The summed E-state index contributed by atoms with van der Waals surface area (Å²) in [6, 6.07) is 10.8. The van der Waals surface area contributed by atoms with E-state index in [1.165, 1.54) is 11.0 Å². The molecule has 4 aromatic rings. The normalized spacial score (nSPS) is 23.3. The van der Waals surface area contributed by atoms with Gasteiger partial charge in [-0.05, 0) is 49.4 Å². The maximum Gasteiger partial charge on any atom is 0.319 e. The summed E-state index contributed by atoms with van der Waals surface area (Å²) in [5.41, 5.74) is -0.306. The van der Waals surface area contributed by atoms with Gasteiger partial charge in [0.1, 0.15) is 29.9 Å². The van der Waals surface area contributed by atoms with Gasteiger partial charge in [0.25, 0.3) is 5.91 Å². The molecule has 7 rings (SSSR count). The fraction of sp³-hybridized carbons (Fsp3) is 0.382. The van der Waals surface area contributed by atoms with Crippen molar-refractivity contribution in [3.63, 3.8) is 0 Å². The molecule has 240 valence electrons. The molecule has 3 aromatic carbocycles. The summed E-state index contributed by atoms with van der Waals surface area (Å²) >= 11 is 6.79. The summed E-state index contributed by atoms with van der Waals surface area (Å²) in [6.45, 7) is 6.82. The average molecular weight is 654 g/mol. The van der Waals surface area contributed by atoms with Gasteiger partial charge in [0.15, 0.2) is 11.6 Å².